The summed E-state index contributed by atoms with van der Waals surface area (Å²) in [4.78, 5) is 16.4. The van der Waals surface area contributed by atoms with Crippen molar-refractivity contribution in [3.63, 3.8) is 0 Å². The van der Waals surface area contributed by atoms with Gasteiger partial charge in [0.2, 0.25) is 21.2 Å². The third kappa shape index (κ3) is 5.75. The number of hydrogen-bond acceptors (Lipinski definition) is 10. The lowest BCUT2D eigenvalue weighted by molar-refractivity contribution is 0.102. The number of nitrogens with zero attached hydrogens (tertiary/aromatic N) is 4. The first-order chi connectivity index (χ1) is 16.3. The molecule has 4 aromatic rings. The number of hydrogen-bond donors (Lipinski definition) is 2. The average Bonchev–Trinajstić information content (AvgIpc) is 3.49. The van der Waals surface area contributed by atoms with Gasteiger partial charge in [-0.2, -0.15) is 9.71 Å². The molecule has 2 N–H and O–H groups in total. The van der Waals surface area contributed by atoms with Crippen LogP contribution < -0.4 is 14.8 Å². The normalized spacial score (nSPS) is 11.4. The highest BCUT2D eigenvalue weighted by molar-refractivity contribution is 7.91. The third-order valence-corrected chi connectivity index (χ3v) is 7.13. The Morgan fingerprint density at radius 1 is 1.12 bits per heavy atom. The molecule has 14 heteroatoms. The van der Waals surface area contributed by atoms with Crippen molar-refractivity contribution in [2.24, 2.45) is 0 Å². The fourth-order valence-electron chi connectivity index (χ4n) is 2.67. The van der Waals surface area contributed by atoms with Crippen LogP contribution in [0.5, 0.6) is 5.75 Å². The van der Waals surface area contributed by atoms with Gasteiger partial charge in [0.15, 0.2) is 0 Å². The number of ether oxygens (including phenoxy) is 1. The van der Waals surface area contributed by atoms with E-state index >= 15 is 0 Å². The summed E-state index contributed by atoms with van der Waals surface area (Å²) >= 11 is 6.51. The first-order valence-electron chi connectivity index (χ1n) is 9.80. The molecule has 0 radical (unpaired) electrons. The molecule has 2 aromatic carbocycles. The van der Waals surface area contributed by atoms with Crippen LogP contribution in [0.4, 0.5) is 5.13 Å². The molecule has 0 fully saturated rings. The van der Waals surface area contributed by atoms with Gasteiger partial charge in [-0.15, -0.1) is 10.2 Å². The molecular formula is C20H17ClN6O5S2. The van der Waals surface area contributed by atoms with E-state index in [-0.39, 0.29) is 21.9 Å². The van der Waals surface area contributed by atoms with E-state index in [2.05, 4.69) is 30.4 Å². The molecule has 0 spiro atoms. The van der Waals surface area contributed by atoms with Crippen LogP contribution >= 0.6 is 22.9 Å². The molecule has 2 aromatic heterocycles. The molecule has 0 unspecified atom stereocenters. The number of benzene rings is 2. The van der Waals surface area contributed by atoms with E-state index in [9.17, 15) is 13.2 Å². The molecule has 4 rings (SSSR count). The standard InChI is InChI=1S/C20H17ClN6O5S2/c1-2-31-15-9-5-12(6-10-15)17-23-16(32-27-17)11-22-34(29,30)20-26-25-19(33-20)24-18(28)13-3-7-14(21)8-4-13/h3-10,22H,2,11H2,1H3,(H,24,25,28). The second-order valence-corrected chi connectivity index (χ2v) is 9.98. The Hall–Kier alpha value is -3.39. The van der Waals surface area contributed by atoms with Gasteiger partial charge >= 0.3 is 0 Å². The van der Waals surface area contributed by atoms with Crippen molar-refractivity contribution in [1.82, 2.24) is 25.1 Å². The number of halogens is 1. The first kappa shape index (κ1) is 23.8. The number of anilines is 1. The van der Waals surface area contributed by atoms with Crippen LogP contribution in [-0.2, 0) is 16.6 Å². The summed E-state index contributed by atoms with van der Waals surface area (Å²) in [7, 11) is -4.03. The number of aromatic nitrogens is 4. The minimum atomic E-state index is -4.03. The van der Waals surface area contributed by atoms with E-state index in [1.165, 1.54) is 12.1 Å². The Kier molecular flexibility index (Phi) is 7.17. The van der Waals surface area contributed by atoms with Gasteiger partial charge in [0, 0.05) is 16.1 Å². The van der Waals surface area contributed by atoms with Gasteiger partial charge in [-0.3, -0.25) is 10.1 Å². The Labute approximate surface area is 203 Å². The van der Waals surface area contributed by atoms with Gasteiger partial charge in [0.1, 0.15) is 5.75 Å². The minimum Gasteiger partial charge on any atom is -0.494 e. The molecule has 0 aliphatic rings. The topological polar surface area (TPSA) is 149 Å². The van der Waals surface area contributed by atoms with E-state index in [0.29, 0.717) is 45.7 Å². The van der Waals surface area contributed by atoms with E-state index < -0.39 is 15.9 Å². The highest BCUT2D eigenvalue weighted by atomic mass is 35.5. The van der Waals surface area contributed by atoms with E-state index in [4.69, 9.17) is 20.9 Å². The molecule has 0 saturated carbocycles. The van der Waals surface area contributed by atoms with Gasteiger partial charge in [-0.05, 0) is 55.5 Å². The predicted molar refractivity (Wildman–Crippen MR) is 124 cm³/mol. The highest BCUT2D eigenvalue weighted by Crippen LogP contribution is 2.22. The van der Waals surface area contributed by atoms with Gasteiger partial charge in [0.25, 0.3) is 15.9 Å². The number of carbonyl (C=O) groups is 1. The van der Waals surface area contributed by atoms with Crippen LogP contribution in [0, 0.1) is 0 Å². The van der Waals surface area contributed by atoms with Crippen molar-refractivity contribution in [3.8, 4) is 17.1 Å². The summed E-state index contributed by atoms with van der Waals surface area (Å²) in [6.07, 6.45) is 0. The molecule has 1 amide bonds. The van der Waals surface area contributed by atoms with Crippen molar-refractivity contribution in [1.29, 1.82) is 0 Å². The lowest BCUT2D eigenvalue weighted by Gasteiger charge is -2.02. The molecule has 176 valence electrons. The number of amides is 1. The summed E-state index contributed by atoms with van der Waals surface area (Å²) in [5.41, 5.74) is 1.02. The fourth-order valence-corrected chi connectivity index (χ4v) is 4.70. The predicted octanol–water partition coefficient (Wildman–Crippen LogP) is 3.37. The number of sulfonamides is 1. The van der Waals surface area contributed by atoms with Gasteiger partial charge < -0.3 is 9.26 Å². The molecule has 34 heavy (non-hydrogen) atoms. The van der Waals surface area contributed by atoms with Crippen LogP contribution in [-0.4, -0.2) is 41.3 Å². The Morgan fingerprint density at radius 2 is 1.85 bits per heavy atom. The third-order valence-electron chi connectivity index (χ3n) is 4.27. The number of rotatable bonds is 9. The van der Waals surface area contributed by atoms with Crippen molar-refractivity contribution >= 4 is 44.0 Å². The Bertz CT molecular complexity index is 1390. The maximum absolute atomic E-state index is 12.6. The quantitative estimate of drug-likeness (QED) is 0.316. The van der Waals surface area contributed by atoms with E-state index in [1.807, 2.05) is 6.92 Å². The number of carbonyl (C=O) groups excluding carboxylic acids is 1. The molecule has 0 aliphatic carbocycles. The zero-order valence-electron chi connectivity index (χ0n) is 17.6. The highest BCUT2D eigenvalue weighted by Gasteiger charge is 2.22. The monoisotopic (exact) mass is 520 g/mol. The van der Waals surface area contributed by atoms with Crippen molar-refractivity contribution in [2.75, 3.05) is 11.9 Å². The lowest BCUT2D eigenvalue weighted by atomic mass is 10.2. The van der Waals surface area contributed by atoms with E-state index in [0.717, 1.165) is 0 Å². The van der Waals surface area contributed by atoms with Crippen LogP contribution in [0.25, 0.3) is 11.4 Å². The summed E-state index contributed by atoms with van der Waals surface area (Å²) < 4.78 is 37.6. The second kappa shape index (κ2) is 10.3. The van der Waals surface area contributed by atoms with Gasteiger partial charge in [-0.25, -0.2) is 8.42 Å². The minimum absolute atomic E-state index is 0.0240. The van der Waals surface area contributed by atoms with Crippen LogP contribution in [0.3, 0.4) is 0 Å². The van der Waals surface area contributed by atoms with Crippen molar-refractivity contribution < 1.29 is 22.5 Å². The Balaban J connectivity index is 1.37. The molecule has 0 atom stereocenters. The smallest absolute Gasteiger partial charge is 0.270 e. The summed E-state index contributed by atoms with van der Waals surface area (Å²) in [6, 6.07) is 13.3. The van der Waals surface area contributed by atoms with E-state index in [1.54, 1.807) is 36.4 Å². The lowest BCUT2D eigenvalue weighted by Crippen LogP contribution is -2.23. The summed E-state index contributed by atoms with van der Waals surface area (Å²) in [5, 5.41) is 14.2. The van der Waals surface area contributed by atoms with Gasteiger partial charge in [0.05, 0.1) is 13.2 Å². The SMILES string of the molecule is CCOc1ccc(-c2noc(CNS(=O)(=O)c3nnc(NC(=O)c4ccc(Cl)cc4)s3)n2)cc1. The summed E-state index contributed by atoms with van der Waals surface area (Å²) in [5.74, 6) is 0.606. The second-order valence-electron chi connectivity index (χ2n) is 6.63. The number of nitrogens with one attached hydrogen (secondary N) is 2. The molecule has 11 nitrogen and oxygen atoms in total. The molecule has 2 heterocycles. The fraction of sp³-hybridized carbons (Fsp3) is 0.150. The van der Waals surface area contributed by atoms with Crippen molar-refractivity contribution in [3.05, 3.63) is 65.0 Å². The zero-order chi connectivity index (χ0) is 24.1. The van der Waals surface area contributed by atoms with Crippen LogP contribution in [0.1, 0.15) is 23.2 Å². The van der Waals surface area contributed by atoms with Crippen molar-refractivity contribution in [2.45, 2.75) is 17.8 Å². The maximum Gasteiger partial charge on any atom is 0.270 e. The largest absolute Gasteiger partial charge is 0.494 e. The molecule has 0 bridgehead atoms. The zero-order valence-corrected chi connectivity index (χ0v) is 19.9. The molecular weight excluding hydrogens is 504 g/mol. The Morgan fingerprint density at radius 3 is 2.56 bits per heavy atom. The summed E-state index contributed by atoms with van der Waals surface area (Å²) in [6.45, 7) is 2.19. The van der Waals surface area contributed by atoms with Crippen LogP contribution in [0.2, 0.25) is 5.02 Å². The van der Waals surface area contributed by atoms with Gasteiger partial charge in [-0.1, -0.05) is 28.1 Å². The molecule has 0 aliphatic heterocycles. The molecule has 0 saturated heterocycles. The first-order valence-corrected chi connectivity index (χ1v) is 12.5. The average molecular weight is 521 g/mol. The van der Waals surface area contributed by atoms with Crippen LogP contribution in [0.15, 0.2) is 57.4 Å². The maximum atomic E-state index is 12.6.